The summed E-state index contributed by atoms with van der Waals surface area (Å²) in [6.07, 6.45) is 0. The molecule has 2 aromatic carbocycles. The van der Waals surface area contributed by atoms with Gasteiger partial charge < -0.3 is 0 Å². The Morgan fingerprint density at radius 1 is 1.21 bits per heavy atom. The monoisotopic (exact) mass is 253 g/mol. The van der Waals surface area contributed by atoms with E-state index in [0.29, 0.717) is 11.1 Å². The molecule has 0 saturated carbocycles. The van der Waals surface area contributed by atoms with E-state index in [4.69, 9.17) is 0 Å². The summed E-state index contributed by atoms with van der Waals surface area (Å²) in [7, 11) is 0. The Morgan fingerprint density at radius 3 is 2.47 bits per heavy atom. The number of halogens is 1. The number of aryl methyl sites for hydroxylation is 1. The third-order valence-corrected chi connectivity index (χ3v) is 2.90. The summed E-state index contributed by atoms with van der Waals surface area (Å²) in [5.41, 5.74) is 2.00. The van der Waals surface area contributed by atoms with Gasteiger partial charge in [0.15, 0.2) is 5.78 Å². The van der Waals surface area contributed by atoms with Crippen LogP contribution < -0.4 is 0 Å². The van der Waals surface area contributed by atoms with E-state index < -0.39 is 11.7 Å². The van der Waals surface area contributed by atoms with Gasteiger partial charge in [-0.1, -0.05) is 29.8 Å². The number of carbonyl (C=O) groups is 1. The van der Waals surface area contributed by atoms with Gasteiger partial charge in [-0.25, -0.2) is 4.39 Å². The van der Waals surface area contributed by atoms with Crippen molar-refractivity contribution in [1.29, 1.82) is 5.26 Å². The van der Waals surface area contributed by atoms with Crippen LogP contribution in [-0.2, 0) is 0 Å². The van der Waals surface area contributed by atoms with Crippen molar-refractivity contribution in [3.05, 3.63) is 71.0 Å². The number of rotatable bonds is 3. The van der Waals surface area contributed by atoms with Gasteiger partial charge in [-0.15, -0.1) is 0 Å². The van der Waals surface area contributed by atoms with Crippen molar-refractivity contribution < 1.29 is 9.18 Å². The van der Waals surface area contributed by atoms with Crippen LogP contribution in [0.1, 0.15) is 27.4 Å². The number of carbonyl (C=O) groups excluding carboxylic acids is 1. The second-order valence-electron chi connectivity index (χ2n) is 4.35. The molecule has 1 atom stereocenters. The van der Waals surface area contributed by atoms with Crippen LogP contribution in [-0.4, -0.2) is 5.78 Å². The number of Topliss-reactive ketones (excluding diaryl/α,β-unsaturated/α-hetero) is 1. The van der Waals surface area contributed by atoms with E-state index >= 15 is 0 Å². The van der Waals surface area contributed by atoms with Gasteiger partial charge in [0, 0.05) is 5.56 Å². The summed E-state index contributed by atoms with van der Waals surface area (Å²) in [5, 5.41) is 9.21. The lowest BCUT2D eigenvalue weighted by Crippen LogP contribution is -2.11. The second kappa shape index (κ2) is 5.45. The molecule has 0 aliphatic rings. The lowest BCUT2D eigenvalue weighted by Gasteiger charge is -2.09. The summed E-state index contributed by atoms with van der Waals surface area (Å²) in [6.45, 7) is 1.90. The summed E-state index contributed by atoms with van der Waals surface area (Å²) in [4.78, 5) is 12.3. The molecule has 3 heteroatoms. The fourth-order valence-electron chi connectivity index (χ4n) is 1.92. The first-order chi connectivity index (χ1) is 9.11. The SMILES string of the molecule is Cc1cccc(C(C#N)C(=O)c2ccc(F)cc2)c1. The Kier molecular flexibility index (Phi) is 3.72. The normalized spacial score (nSPS) is 11.6. The van der Waals surface area contributed by atoms with Gasteiger partial charge >= 0.3 is 0 Å². The van der Waals surface area contributed by atoms with Gasteiger partial charge in [0.2, 0.25) is 0 Å². The molecule has 2 rings (SSSR count). The molecular weight excluding hydrogens is 241 g/mol. The molecule has 0 bridgehead atoms. The van der Waals surface area contributed by atoms with E-state index in [1.165, 1.54) is 24.3 Å². The van der Waals surface area contributed by atoms with E-state index in [-0.39, 0.29) is 5.78 Å². The summed E-state index contributed by atoms with van der Waals surface area (Å²) >= 11 is 0. The van der Waals surface area contributed by atoms with Crippen molar-refractivity contribution in [1.82, 2.24) is 0 Å². The smallest absolute Gasteiger partial charge is 0.184 e. The molecule has 0 N–H and O–H groups in total. The molecule has 0 aliphatic carbocycles. The van der Waals surface area contributed by atoms with E-state index in [0.717, 1.165) is 5.56 Å². The van der Waals surface area contributed by atoms with Gasteiger partial charge in [-0.2, -0.15) is 5.26 Å². The Hall–Kier alpha value is -2.47. The Bertz CT molecular complexity index is 641. The number of nitrogens with zero attached hydrogens (tertiary/aromatic N) is 1. The first-order valence-corrected chi connectivity index (χ1v) is 5.88. The van der Waals surface area contributed by atoms with Crippen LogP contribution in [0.3, 0.4) is 0 Å². The highest BCUT2D eigenvalue weighted by Gasteiger charge is 2.21. The van der Waals surface area contributed by atoms with Crippen molar-refractivity contribution >= 4 is 5.78 Å². The highest BCUT2D eigenvalue weighted by Crippen LogP contribution is 2.21. The van der Waals surface area contributed by atoms with Crippen molar-refractivity contribution in [3.8, 4) is 6.07 Å². The largest absolute Gasteiger partial charge is 0.292 e. The maximum absolute atomic E-state index is 12.8. The van der Waals surface area contributed by atoms with Crippen LogP contribution >= 0.6 is 0 Å². The van der Waals surface area contributed by atoms with Crippen LogP contribution in [0.2, 0.25) is 0 Å². The summed E-state index contributed by atoms with van der Waals surface area (Å²) in [5.74, 6) is -1.57. The molecule has 2 aromatic rings. The van der Waals surface area contributed by atoms with Crippen molar-refractivity contribution in [2.75, 3.05) is 0 Å². The summed E-state index contributed by atoms with van der Waals surface area (Å²) < 4.78 is 12.8. The zero-order valence-electron chi connectivity index (χ0n) is 10.4. The van der Waals surface area contributed by atoms with Crippen LogP contribution in [0.25, 0.3) is 0 Å². The first-order valence-electron chi connectivity index (χ1n) is 5.88. The van der Waals surface area contributed by atoms with Crippen LogP contribution in [0, 0.1) is 24.1 Å². The standard InChI is InChI=1S/C16H12FNO/c1-11-3-2-4-13(9-11)15(10-18)16(19)12-5-7-14(17)8-6-12/h2-9,15H,1H3. The van der Waals surface area contributed by atoms with Gasteiger partial charge in [-0.05, 0) is 36.8 Å². The molecule has 0 amide bonds. The second-order valence-corrected chi connectivity index (χ2v) is 4.35. The Labute approximate surface area is 111 Å². The van der Waals surface area contributed by atoms with Gasteiger partial charge in [-0.3, -0.25) is 4.79 Å². The highest BCUT2D eigenvalue weighted by atomic mass is 19.1. The van der Waals surface area contributed by atoms with Crippen LogP contribution in [0.15, 0.2) is 48.5 Å². The molecule has 19 heavy (non-hydrogen) atoms. The van der Waals surface area contributed by atoms with Crippen molar-refractivity contribution in [3.63, 3.8) is 0 Å². The van der Waals surface area contributed by atoms with E-state index in [1.807, 2.05) is 31.2 Å². The molecular formula is C16H12FNO. The predicted octanol–water partition coefficient (Wildman–Crippen LogP) is 3.62. The molecule has 0 heterocycles. The molecule has 1 unspecified atom stereocenters. The molecule has 0 aliphatic heterocycles. The number of ketones is 1. The van der Waals surface area contributed by atoms with Crippen molar-refractivity contribution in [2.45, 2.75) is 12.8 Å². The Balaban J connectivity index is 2.35. The van der Waals surface area contributed by atoms with Gasteiger partial charge in [0.1, 0.15) is 11.7 Å². The third kappa shape index (κ3) is 2.86. The zero-order valence-corrected chi connectivity index (χ0v) is 10.4. The number of hydrogen-bond donors (Lipinski definition) is 0. The minimum Gasteiger partial charge on any atom is -0.292 e. The van der Waals surface area contributed by atoms with Crippen LogP contribution in [0.5, 0.6) is 0 Å². The zero-order chi connectivity index (χ0) is 13.8. The maximum atomic E-state index is 12.8. The first kappa shape index (κ1) is 13.0. The van der Waals surface area contributed by atoms with Crippen molar-refractivity contribution in [2.24, 2.45) is 0 Å². The fraction of sp³-hybridized carbons (Fsp3) is 0.125. The third-order valence-electron chi connectivity index (χ3n) is 2.90. The van der Waals surface area contributed by atoms with E-state index in [2.05, 4.69) is 0 Å². The van der Waals surface area contributed by atoms with Gasteiger partial charge in [0.25, 0.3) is 0 Å². The summed E-state index contributed by atoms with van der Waals surface area (Å²) in [6, 6.07) is 14.5. The van der Waals surface area contributed by atoms with E-state index in [9.17, 15) is 14.4 Å². The molecule has 0 spiro atoms. The maximum Gasteiger partial charge on any atom is 0.184 e. The Morgan fingerprint density at radius 2 is 1.89 bits per heavy atom. The quantitative estimate of drug-likeness (QED) is 0.784. The lowest BCUT2D eigenvalue weighted by molar-refractivity contribution is 0.0979. The molecule has 94 valence electrons. The average Bonchev–Trinajstić information content (AvgIpc) is 2.40. The van der Waals surface area contributed by atoms with E-state index in [1.54, 1.807) is 6.07 Å². The fourth-order valence-corrected chi connectivity index (χ4v) is 1.92. The molecule has 2 nitrogen and oxygen atoms in total. The average molecular weight is 253 g/mol. The highest BCUT2D eigenvalue weighted by molar-refractivity contribution is 6.02. The topological polar surface area (TPSA) is 40.9 Å². The minimum absolute atomic E-state index is 0.312. The molecule has 0 aromatic heterocycles. The minimum atomic E-state index is -0.856. The number of benzene rings is 2. The molecule has 0 fully saturated rings. The van der Waals surface area contributed by atoms with Gasteiger partial charge in [0.05, 0.1) is 6.07 Å². The lowest BCUT2D eigenvalue weighted by atomic mass is 9.91. The number of nitriles is 1. The molecule has 0 saturated heterocycles. The van der Waals surface area contributed by atoms with Crippen LogP contribution in [0.4, 0.5) is 4.39 Å². The molecule has 0 radical (unpaired) electrons. The predicted molar refractivity (Wildman–Crippen MR) is 70.3 cm³/mol. The number of hydrogen-bond acceptors (Lipinski definition) is 2.